The van der Waals surface area contributed by atoms with E-state index in [1.807, 2.05) is 19.1 Å². The minimum atomic E-state index is -0.0936. The second-order valence-electron chi connectivity index (χ2n) is 6.35. The summed E-state index contributed by atoms with van der Waals surface area (Å²) < 4.78 is 10.8. The fraction of sp³-hybridized carbons (Fsp3) is 0.381. The van der Waals surface area contributed by atoms with Crippen LogP contribution in [0.5, 0.6) is 5.75 Å². The maximum atomic E-state index is 12.3. The highest BCUT2D eigenvalue weighted by molar-refractivity contribution is 5.94. The lowest BCUT2D eigenvalue weighted by atomic mass is 10.1. The monoisotopic (exact) mass is 354 g/mol. The van der Waals surface area contributed by atoms with Crippen LogP contribution in [0.4, 0.5) is 0 Å². The van der Waals surface area contributed by atoms with Crippen LogP contribution in [0.2, 0.25) is 0 Å². The molecule has 0 radical (unpaired) electrons. The Morgan fingerprint density at radius 3 is 2.58 bits per heavy atom. The normalized spacial score (nSPS) is 14.8. The zero-order valence-corrected chi connectivity index (χ0v) is 15.2. The standard InChI is InChI=1S/C21H26N2O3/c1-2-26-20-5-3-4-19(14-20)21(24)22-15-17-6-8-18(9-7-17)16-23-10-12-25-13-11-23/h3-9,14H,2,10-13,15-16H2,1H3,(H,22,24). The molecule has 1 N–H and O–H groups in total. The van der Waals surface area contributed by atoms with Crippen molar-refractivity contribution >= 4 is 5.91 Å². The molecule has 0 unspecified atom stereocenters. The topological polar surface area (TPSA) is 50.8 Å². The van der Waals surface area contributed by atoms with Crippen LogP contribution in [-0.2, 0) is 17.8 Å². The van der Waals surface area contributed by atoms with Crippen molar-refractivity contribution in [3.63, 3.8) is 0 Å². The summed E-state index contributed by atoms with van der Waals surface area (Å²) in [6.45, 7) is 7.56. The second-order valence-corrected chi connectivity index (χ2v) is 6.35. The van der Waals surface area contributed by atoms with Gasteiger partial charge in [-0.3, -0.25) is 9.69 Å². The lowest BCUT2D eigenvalue weighted by Gasteiger charge is -2.26. The number of morpholine rings is 1. The summed E-state index contributed by atoms with van der Waals surface area (Å²) in [5.41, 5.74) is 2.98. The van der Waals surface area contributed by atoms with Gasteiger partial charge < -0.3 is 14.8 Å². The van der Waals surface area contributed by atoms with Crippen molar-refractivity contribution in [2.45, 2.75) is 20.0 Å². The van der Waals surface area contributed by atoms with Crippen LogP contribution >= 0.6 is 0 Å². The van der Waals surface area contributed by atoms with Crippen molar-refractivity contribution in [2.24, 2.45) is 0 Å². The molecule has 1 heterocycles. The fourth-order valence-corrected chi connectivity index (χ4v) is 2.96. The SMILES string of the molecule is CCOc1cccc(C(=O)NCc2ccc(CN3CCOCC3)cc2)c1. The van der Waals surface area contributed by atoms with E-state index in [1.165, 1.54) is 5.56 Å². The summed E-state index contributed by atoms with van der Waals surface area (Å²) in [5.74, 6) is 0.622. The number of nitrogens with one attached hydrogen (secondary N) is 1. The molecule has 138 valence electrons. The van der Waals surface area contributed by atoms with Gasteiger partial charge in [0.15, 0.2) is 0 Å². The first-order chi connectivity index (χ1) is 12.7. The van der Waals surface area contributed by atoms with E-state index in [0.29, 0.717) is 24.5 Å². The Kier molecular flexibility index (Phi) is 6.63. The summed E-state index contributed by atoms with van der Waals surface area (Å²) in [7, 11) is 0. The molecule has 3 rings (SSSR count). The van der Waals surface area contributed by atoms with Crippen LogP contribution in [-0.4, -0.2) is 43.7 Å². The van der Waals surface area contributed by atoms with Crippen molar-refractivity contribution in [1.82, 2.24) is 10.2 Å². The first-order valence-electron chi connectivity index (χ1n) is 9.13. The average molecular weight is 354 g/mol. The molecule has 0 aromatic heterocycles. The van der Waals surface area contributed by atoms with Crippen LogP contribution in [0, 0.1) is 0 Å². The van der Waals surface area contributed by atoms with E-state index in [9.17, 15) is 4.79 Å². The Hall–Kier alpha value is -2.37. The molecule has 1 saturated heterocycles. The molecule has 2 aromatic carbocycles. The quantitative estimate of drug-likeness (QED) is 0.831. The molecule has 0 spiro atoms. The van der Waals surface area contributed by atoms with E-state index in [2.05, 4.69) is 34.5 Å². The maximum absolute atomic E-state index is 12.3. The highest BCUT2D eigenvalue weighted by atomic mass is 16.5. The largest absolute Gasteiger partial charge is 0.494 e. The van der Waals surface area contributed by atoms with Crippen LogP contribution in [0.3, 0.4) is 0 Å². The number of amides is 1. The smallest absolute Gasteiger partial charge is 0.251 e. The van der Waals surface area contributed by atoms with Gasteiger partial charge in [-0.15, -0.1) is 0 Å². The van der Waals surface area contributed by atoms with Crippen molar-refractivity contribution in [3.8, 4) is 5.75 Å². The Balaban J connectivity index is 1.51. The van der Waals surface area contributed by atoms with Gasteiger partial charge >= 0.3 is 0 Å². The molecule has 1 aliphatic heterocycles. The highest BCUT2D eigenvalue weighted by Crippen LogP contribution is 2.14. The second kappa shape index (κ2) is 9.36. The molecule has 0 atom stereocenters. The molecule has 0 bridgehead atoms. The Morgan fingerprint density at radius 2 is 1.85 bits per heavy atom. The van der Waals surface area contributed by atoms with E-state index in [4.69, 9.17) is 9.47 Å². The number of carbonyl (C=O) groups is 1. The summed E-state index contributed by atoms with van der Waals surface area (Å²) in [4.78, 5) is 14.7. The number of nitrogens with zero attached hydrogens (tertiary/aromatic N) is 1. The molecule has 0 aliphatic carbocycles. The van der Waals surface area contributed by atoms with Gasteiger partial charge in [0.2, 0.25) is 0 Å². The Morgan fingerprint density at radius 1 is 1.12 bits per heavy atom. The third-order valence-corrected chi connectivity index (χ3v) is 4.39. The lowest BCUT2D eigenvalue weighted by Crippen LogP contribution is -2.35. The van der Waals surface area contributed by atoms with Crippen molar-refractivity contribution in [2.75, 3.05) is 32.9 Å². The zero-order chi connectivity index (χ0) is 18.2. The lowest BCUT2D eigenvalue weighted by molar-refractivity contribution is 0.0342. The number of hydrogen-bond donors (Lipinski definition) is 1. The number of rotatable bonds is 7. The van der Waals surface area contributed by atoms with Gasteiger partial charge in [0, 0.05) is 31.7 Å². The van der Waals surface area contributed by atoms with Crippen molar-refractivity contribution in [3.05, 3.63) is 65.2 Å². The molecular formula is C21H26N2O3. The predicted molar refractivity (Wildman–Crippen MR) is 101 cm³/mol. The number of hydrogen-bond acceptors (Lipinski definition) is 4. The van der Waals surface area contributed by atoms with Crippen molar-refractivity contribution in [1.29, 1.82) is 0 Å². The van der Waals surface area contributed by atoms with Crippen LogP contribution in [0.25, 0.3) is 0 Å². The first-order valence-corrected chi connectivity index (χ1v) is 9.13. The van der Waals surface area contributed by atoms with Gasteiger partial charge in [0.25, 0.3) is 5.91 Å². The minimum absolute atomic E-state index is 0.0936. The minimum Gasteiger partial charge on any atom is -0.494 e. The van der Waals surface area contributed by atoms with Gasteiger partial charge in [-0.1, -0.05) is 30.3 Å². The van der Waals surface area contributed by atoms with Gasteiger partial charge in [0.05, 0.1) is 19.8 Å². The molecule has 1 aliphatic rings. The van der Waals surface area contributed by atoms with Crippen molar-refractivity contribution < 1.29 is 14.3 Å². The van der Waals surface area contributed by atoms with Crippen LogP contribution in [0.1, 0.15) is 28.4 Å². The van der Waals surface area contributed by atoms with E-state index < -0.39 is 0 Å². The van der Waals surface area contributed by atoms with E-state index in [0.717, 1.165) is 38.4 Å². The predicted octanol–water partition coefficient (Wildman–Crippen LogP) is 2.85. The molecule has 0 saturated carbocycles. The van der Waals surface area contributed by atoms with E-state index >= 15 is 0 Å². The molecule has 26 heavy (non-hydrogen) atoms. The molecule has 1 amide bonds. The number of benzene rings is 2. The van der Waals surface area contributed by atoms with Gasteiger partial charge in [-0.05, 0) is 36.2 Å². The van der Waals surface area contributed by atoms with Gasteiger partial charge in [-0.25, -0.2) is 0 Å². The molecule has 5 heteroatoms. The highest BCUT2D eigenvalue weighted by Gasteiger charge is 2.11. The summed E-state index contributed by atoms with van der Waals surface area (Å²) in [6.07, 6.45) is 0. The van der Waals surface area contributed by atoms with Gasteiger partial charge in [0.1, 0.15) is 5.75 Å². The average Bonchev–Trinajstić information content (AvgIpc) is 2.68. The van der Waals surface area contributed by atoms with Gasteiger partial charge in [-0.2, -0.15) is 0 Å². The van der Waals surface area contributed by atoms with Crippen LogP contribution in [0.15, 0.2) is 48.5 Å². The number of carbonyl (C=O) groups excluding carboxylic acids is 1. The first kappa shape index (κ1) is 18.4. The van der Waals surface area contributed by atoms with Crippen LogP contribution < -0.4 is 10.1 Å². The Labute approximate surface area is 154 Å². The molecule has 2 aromatic rings. The summed E-state index contributed by atoms with van der Waals surface area (Å²) in [5, 5.41) is 2.96. The zero-order valence-electron chi connectivity index (χ0n) is 15.2. The number of ether oxygens (including phenoxy) is 2. The third kappa shape index (κ3) is 5.31. The maximum Gasteiger partial charge on any atom is 0.251 e. The summed E-state index contributed by atoms with van der Waals surface area (Å²) >= 11 is 0. The van der Waals surface area contributed by atoms with E-state index in [-0.39, 0.29) is 5.91 Å². The third-order valence-electron chi connectivity index (χ3n) is 4.39. The van der Waals surface area contributed by atoms with E-state index in [1.54, 1.807) is 12.1 Å². The fourth-order valence-electron chi connectivity index (χ4n) is 2.96. The molecular weight excluding hydrogens is 328 g/mol. The molecule has 5 nitrogen and oxygen atoms in total. The summed E-state index contributed by atoms with van der Waals surface area (Å²) in [6, 6.07) is 15.7. The Bertz CT molecular complexity index is 709. The molecule has 1 fully saturated rings.